The number of likely N-dealkylation sites (tertiary alicyclic amines) is 1. The number of hydrogen-bond acceptors (Lipinski definition) is 5. The van der Waals surface area contributed by atoms with Crippen molar-refractivity contribution in [2.24, 2.45) is 7.05 Å². The van der Waals surface area contributed by atoms with E-state index in [1.165, 1.54) is 0 Å². The molecule has 1 saturated heterocycles. The Morgan fingerprint density at radius 1 is 1.25 bits per heavy atom. The minimum absolute atomic E-state index is 0.0333. The van der Waals surface area contributed by atoms with Gasteiger partial charge < -0.3 is 15.0 Å². The Hall–Kier alpha value is -2.41. The fraction of sp³-hybridized carbons (Fsp3) is 0.571. The van der Waals surface area contributed by atoms with Crippen molar-refractivity contribution in [2.45, 2.75) is 58.2 Å². The van der Waals surface area contributed by atoms with E-state index >= 15 is 0 Å². The van der Waals surface area contributed by atoms with Crippen molar-refractivity contribution < 1.29 is 9.53 Å². The largest absolute Gasteiger partial charge is 0.444 e. The van der Waals surface area contributed by atoms with Crippen molar-refractivity contribution in [1.29, 1.82) is 0 Å². The van der Waals surface area contributed by atoms with Crippen molar-refractivity contribution in [1.82, 2.24) is 19.8 Å². The second kappa shape index (κ2) is 7.91. The van der Waals surface area contributed by atoms with Crippen molar-refractivity contribution in [3.8, 4) is 0 Å². The van der Waals surface area contributed by atoms with Crippen molar-refractivity contribution in [3.05, 3.63) is 40.4 Å². The zero-order valence-electron chi connectivity index (χ0n) is 17.4. The van der Waals surface area contributed by atoms with Crippen LogP contribution in [0, 0.1) is 0 Å². The van der Waals surface area contributed by atoms with Gasteiger partial charge in [0.2, 0.25) is 0 Å². The molecular formula is C21H30N4O3. The molecule has 1 aliphatic rings. The Kier molecular flexibility index (Phi) is 5.74. The average molecular weight is 386 g/mol. The SMILES string of the molecule is CC(NC1CCN(C(=O)OC(C)(C)C)CC1)c1nc2ccccc2c(=O)n1C. The van der Waals surface area contributed by atoms with Gasteiger partial charge in [-0.3, -0.25) is 9.36 Å². The molecule has 0 aliphatic carbocycles. The number of piperidine rings is 1. The van der Waals surface area contributed by atoms with Crippen LogP contribution in [0.15, 0.2) is 29.1 Å². The van der Waals surface area contributed by atoms with Crippen LogP contribution < -0.4 is 10.9 Å². The molecule has 7 heteroatoms. The number of rotatable bonds is 3. The monoisotopic (exact) mass is 386 g/mol. The summed E-state index contributed by atoms with van der Waals surface area (Å²) in [6.07, 6.45) is 1.42. The molecule has 1 fully saturated rings. The first-order chi connectivity index (χ1) is 13.2. The molecule has 1 N–H and O–H groups in total. The molecular weight excluding hydrogens is 356 g/mol. The van der Waals surface area contributed by atoms with Gasteiger partial charge >= 0.3 is 6.09 Å². The summed E-state index contributed by atoms with van der Waals surface area (Å²) >= 11 is 0. The highest BCUT2D eigenvalue weighted by Gasteiger charge is 2.28. The van der Waals surface area contributed by atoms with Gasteiger partial charge in [-0.05, 0) is 52.7 Å². The topological polar surface area (TPSA) is 76.5 Å². The molecule has 1 aromatic heterocycles. The second-order valence-corrected chi connectivity index (χ2v) is 8.48. The zero-order valence-corrected chi connectivity index (χ0v) is 17.4. The fourth-order valence-corrected chi connectivity index (χ4v) is 3.61. The molecule has 3 rings (SSSR count). The van der Waals surface area contributed by atoms with Crippen LogP contribution in [0.25, 0.3) is 10.9 Å². The van der Waals surface area contributed by atoms with Gasteiger partial charge in [0.05, 0.1) is 16.9 Å². The van der Waals surface area contributed by atoms with Crippen LogP contribution in [0.4, 0.5) is 4.79 Å². The van der Waals surface area contributed by atoms with Crippen LogP contribution in [0.5, 0.6) is 0 Å². The molecule has 0 saturated carbocycles. The van der Waals surface area contributed by atoms with E-state index in [9.17, 15) is 9.59 Å². The predicted molar refractivity (Wildman–Crippen MR) is 109 cm³/mol. The lowest BCUT2D eigenvalue weighted by Gasteiger charge is -2.35. The maximum atomic E-state index is 12.6. The summed E-state index contributed by atoms with van der Waals surface area (Å²) in [5, 5.41) is 4.21. The van der Waals surface area contributed by atoms with Crippen molar-refractivity contribution in [2.75, 3.05) is 13.1 Å². The molecule has 1 aromatic carbocycles. The van der Waals surface area contributed by atoms with Crippen LogP contribution in [-0.4, -0.2) is 45.3 Å². The van der Waals surface area contributed by atoms with E-state index in [1.54, 1.807) is 22.6 Å². The number of amides is 1. The second-order valence-electron chi connectivity index (χ2n) is 8.48. The number of para-hydroxylation sites is 1. The van der Waals surface area contributed by atoms with Crippen molar-refractivity contribution in [3.63, 3.8) is 0 Å². The third kappa shape index (κ3) is 4.52. The molecule has 2 heterocycles. The number of benzene rings is 1. The lowest BCUT2D eigenvalue weighted by Crippen LogP contribution is -2.47. The van der Waals surface area contributed by atoms with Crippen LogP contribution in [0.2, 0.25) is 0 Å². The first-order valence-corrected chi connectivity index (χ1v) is 9.85. The van der Waals surface area contributed by atoms with Gasteiger partial charge in [0.25, 0.3) is 5.56 Å². The van der Waals surface area contributed by atoms with E-state index in [4.69, 9.17) is 9.72 Å². The first kappa shape index (κ1) is 20.3. The van der Waals surface area contributed by atoms with Gasteiger partial charge in [0, 0.05) is 26.2 Å². The summed E-state index contributed by atoms with van der Waals surface area (Å²) in [4.78, 5) is 31.3. The number of aromatic nitrogens is 2. The molecule has 1 atom stereocenters. The van der Waals surface area contributed by atoms with Gasteiger partial charge in [-0.2, -0.15) is 0 Å². The first-order valence-electron chi connectivity index (χ1n) is 9.85. The van der Waals surface area contributed by atoms with Gasteiger partial charge in [-0.15, -0.1) is 0 Å². The average Bonchev–Trinajstić information content (AvgIpc) is 2.63. The van der Waals surface area contributed by atoms with Crippen molar-refractivity contribution >= 4 is 17.0 Å². The molecule has 1 amide bonds. The van der Waals surface area contributed by atoms with E-state index in [0.717, 1.165) is 18.7 Å². The minimum atomic E-state index is -0.479. The molecule has 28 heavy (non-hydrogen) atoms. The molecule has 1 aliphatic heterocycles. The lowest BCUT2D eigenvalue weighted by atomic mass is 10.0. The highest BCUT2D eigenvalue weighted by atomic mass is 16.6. The standard InChI is InChI=1S/C21H30N4O3/c1-14(18-23-17-9-7-6-8-16(17)19(26)24(18)5)22-15-10-12-25(13-11-15)20(27)28-21(2,3)4/h6-9,14-15,22H,10-13H2,1-5H3. The summed E-state index contributed by atoms with van der Waals surface area (Å²) in [6.45, 7) is 8.97. The highest BCUT2D eigenvalue weighted by Crippen LogP contribution is 2.19. The van der Waals surface area contributed by atoms with E-state index in [0.29, 0.717) is 24.0 Å². The van der Waals surface area contributed by atoms with Crippen LogP contribution in [0.3, 0.4) is 0 Å². The molecule has 2 aromatic rings. The minimum Gasteiger partial charge on any atom is -0.444 e. The van der Waals surface area contributed by atoms with E-state index in [2.05, 4.69) is 5.32 Å². The molecule has 0 bridgehead atoms. The molecule has 1 unspecified atom stereocenters. The Morgan fingerprint density at radius 3 is 2.54 bits per heavy atom. The number of carbonyl (C=O) groups is 1. The van der Waals surface area contributed by atoms with E-state index in [-0.39, 0.29) is 23.7 Å². The van der Waals surface area contributed by atoms with Gasteiger partial charge in [0.1, 0.15) is 11.4 Å². The Balaban J connectivity index is 1.64. The lowest BCUT2D eigenvalue weighted by molar-refractivity contribution is 0.0196. The smallest absolute Gasteiger partial charge is 0.410 e. The van der Waals surface area contributed by atoms with E-state index in [1.807, 2.05) is 45.9 Å². The number of nitrogens with zero attached hydrogens (tertiary/aromatic N) is 3. The summed E-state index contributed by atoms with van der Waals surface area (Å²) in [7, 11) is 1.76. The number of ether oxygens (including phenoxy) is 1. The normalized spacial score (nSPS) is 17.0. The quantitative estimate of drug-likeness (QED) is 0.878. The highest BCUT2D eigenvalue weighted by molar-refractivity contribution is 5.77. The molecule has 0 radical (unpaired) electrons. The van der Waals surface area contributed by atoms with Crippen LogP contribution >= 0.6 is 0 Å². The number of hydrogen-bond donors (Lipinski definition) is 1. The Labute approximate surface area is 165 Å². The van der Waals surface area contributed by atoms with Gasteiger partial charge in [-0.25, -0.2) is 9.78 Å². The summed E-state index contributed by atoms with van der Waals surface area (Å²) in [6, 6.07) is 7.61. The van der Waals surface area contributed by atoms with Crippen LogP contribution in [-0.2, 0) is 11.8 Å². The predicted octanol–water partition coefficient (Wildman–Crippen LogP) is 2.98. The van der Waals surface area contributed by atoms with Gasteiger partial charge in [-0.1, -0.05) is 12.1 Å². The number of fused-ring (bicyclic) bond motifs is 1. The maximum Gasteiger partial charge on any atom is 0.410 e. The Morgan fingerprint density at radius 2 is 1.89 bits per heavy atom. The molecule has 0 spiro atoms. The van der Waals surface area contributed by atoms with E-state index < -0.39 is 5.60 Å². The molecule has 152 valence electrons. The third-order valence-corrected chi connectivity index (χ3v) is 5.04. The fourth-order valence-electron chi connectivity index (χ4n) is 3.61. The van der Waals surface area contributed by atoms with Gasteiger partial charge in [0.15, 0.2) is 0 Å². The van der Waals surface area contributed by atoms with Crippen LogP contribution in [0.1, 0.15) is 52.4 Å². The summed E-state index contributed by atoms with van der Waals surface area (Å²) < 4.78 is 7.07. The Bertz CT molecular complexity index is 908. The third-order valence-electron chi connectivity index (χ3n) is 5.04. The number of nitrogens with one attached hydrogen (secondary N) is 1. The number of carbonyl (C=O) groups excluding carboxylic acids is 1. The molecule has 7 nitrogen and oxygen atoms in total. The maximum absolute atomic E-state index is 12.6. The zero-order chi connectivity index (χ0) is 20.5. The summed E-state index contributed by atoms with van der Waals surface area (Å²) in [5.41, 5.74) is 0.204. The summed E-state index contributed by atoms with van der Waals surface area (Å²) in [5.74, 6) is 0.721.